The van der Waals surface area contributed by atoms with E-state index in [4.69, 9.17) is 4.74 Å². The molecule has 0 aromatic heterocycles. The zero-order valence-electron chi connectivity index (χ0n) is 19.4. The predicted molar refractivity (Wildman–Crippen MR) is 138 cm³/mol. The van der Waals surface area contributed by atoms with Crippen LogP contribution in [0, 0.1) is 0 Å². The first-order valence-corrected chi connectivity index (χ1v) is 13.5. The Labute approximate surface area is 209 Å². The highest BCUT2D eigenvalue weighted by molar-refractivity contribution is 9.10. The average Bonchev–Trinajstić information content (AvgIpc) is 3.33. The predicted octanol–water partition coefficient (Wildman–Crippen LogP) is 5.56. The number of carbonyl (C=O) groups excluding carboxylic acids is 2. The number of amides is 2. The van der Waals surface area contributed by atoms with Gasteiger partial charge in [0, 0.05) is 22.8 Å². The van der Waals surface area contributed by atoms with E-state index >= 15 is 0 Å². The summed E-state index contributed by atoms with van der Waals surface area (Å²) in [6.07, 6.45) is 4.93. The Bertz CT molecular complexity index is 916. The third kappa shape index (κ3) is 7.78. The Morgan fingerprint density at radius 2 is 1.88 bits per heavy atom. The number of hydrogen-bond acceptors (Lipinski definition) is 4. The van der Waals surface area contributed by atoms with E-state index in [0.29, 0.717) is 18.7 Å². The lowest BCUT2D eigenvalue weighted by molar-refractivity contribution is -0.139. The fourth-order valence-electron chi connectivity index (χ4n) is 4.17. The third-order valence-electron chi connectivity index (χ3n) is 5.98. The molecule has 2 aromatic rings. The van der Waals surface area contributed by atoms with Crippen LogP contribution in [0.1, 0.15) is 50.2 Å². The molecule has 2 aromatic carbocycles. The second kappa shape index (κ2) is 13.0. The van der Waals surface area contributed by atoms with Gasteiger partial charge in [-0.2, -0.15) is 0 Å². The maximum Gasteiger partial charge on any atom is 0.243 e. The zero-order chi connectivity index (χ0) is 23.6. The SMILES string of the molecule is CCC(C(=O)NC1CCCC1)N(Cc1cccc(OC)c1)C(=O)CSCc1ccc(Br)cc1. The lowest BCUT2D eigenvalue weighted by Gasteiger charge is -2.31. The van der Waals surface area contributed by atoms with Gasteiger partial charge in [-0.25, -0.2) is 0 Å². The monoisotopic (exact) mass is 532 g/mol. The van der Waals surface area contributed by atoms with Crippen LogP contribution in [-0.4, -0.2) is 41.7 Å². The van der Waals surface area contributed by atoms with Gasteiger partial charge in [-0.15, -0.1) is 11.8 Å². The molecular formula is C26H33BrN2O3S. The van der Waals surface area contributed by atoms with E-state index in [-0.39, 0.29) is 17.9 Å². The van der Waals surface area contributed by atoms with Gasteiger partial charge in [0.15, 0.2) is 0 Å². The first-order chi connectivity index (χ1) is 16.0. The molecule has 33 heavy (non-hydrogen) atoms. The van der Waals surface area contributed by atoms with Gasteiger partial charge >= 0.3 is 0 Å². The summed E-state index contributed by atoms with van der Waals surface area (Å²) in [7, 11) is 1.63. The summed E-state index contributed by atoms with van der Waals surface area (Å²) in [5.74, 6) is 1.75. The summed E-state index contributed by atoms with van der Waals surface area (Å²) in [6, 6.07) is 15.6. The van der Waals surface area contributed by atoms with Crippen molar-refractivity contribution in [2.45, 2.75) is 63.4 Å². The second-order valence-corrected chi connectivity index (χ2v) is 10.3. The van der Waals surface area contributed by atoms with Gasteiger partial charge in [0.25, 0.3) is 0 Å². The molecule has 0 spiro atoms. The van der Waals surface area contributed by atoms with E-state index in [1.807, 2.05) is 43.3 Å². The highest BCUT2D eigenvalue weighted by Gasteiger charge is 2.30. The number of nitrogens with zero attached hydrogens (tertiary/aromatic N) is 1. The molecule has 1 aliphatic rings. The molecule has 1 N–H and O–H groups in total. The Morgan fingerprint density at radius 3 is 2.55 bits per heavy atom. The van der Waals surface area contributed by atoms with Crippen LogP contribution in [-0.2, 0) is 21.9 Å². The Morgan fingerprint density at radius 1 is 1.15 bits per heavy atom. The summed E-state index contributed by atoms with van der Waals surface area (Å²) >= 11 is 5.03. The third-order valence-corrected chi connectivity index (χ3v) is 7.50. The molecule has 2 amide bonds. The smallest absolute Gasteiger partial charge is 0.243 e. The molecule has 1 saturated carbocycles. The van der Waals surface area contributed by atoms with Crippen molar-refractivity contribution < 1.29 is 14.3 Å². The minimum absolute atomic E-state index is 0.0200. The van der Waals surface area contributed by atoms with Gasteiger partial charge in [-0.3, -0.25) is 9.59 Å². The molecule has 0 saturated heterocycles. The molecule has 0 radical (unpaired) electrons. The Hall–Kier alpha value is -1.99. The highest BCUT2D eigenvalue weighted by atomic mass is 79.9. The summed E-state index contributed by atoms with van der Waals surface area (Å²) in [5, 5.41) is 3.19. The largest absolute Gasteiger partial charge is 0.497 e. The van der Waals surface area contributed by atoms with Crippen molar-refractivity contribution in [2.75, 3.05) is 12.9 Å². The van der Waals surface area contributed by atoms with Crippen molar-refractivity contribution in [2.24, 2.45) is 0 Å². The van der Waals surface area contributed by atoms with Gasteiger partial charge < -0.3 is 15.0 Å². The number of benzene rings is 2. The molecule has 1 atom stereocenters. The van der Waals surface area contributed by atoms with Crippen LogP contribution in [0.3, 0.4) is 0 Å². The molecule has 0 aliphatic heterocycles. The molecule has 1 unspecified atom stereocenters. The molecule has 1 aliphatic carbocycles. The van der Waals surface area contributed by atoms with Crippen molar-refractivity contribution in [1.29, 1.82) is 0 Å². The van der Waals surface area contributed by atoms with Crippen LogP contribution in [0.15, 0.2) is 53.0 Å². The van der Waals surface area contributed by atoms with Gasteiger partial charge in [0.05, 0.1) is 12.9 Å². The topological polar surface area (TPSA) is 58.6 Å². The lowest BCUT2D eigenvalue weighted by atomic mass is 10.1. The zero-order valence-corrected chi connectivity index (χ0v) is 21.8. The minimum atomic E-state index is -0.488. The first-order valence-electron chi connectivity index (χ1n) is 11.5. The fraction of sp³-hybridized carbons (Fsp3) is 0.462. The van der Waals surface area contributed by atoms with E-state index < -0.39 is 6.04 Å². The first kappa shape index (κ1) is 25.6. The standard InChI is InChI=1S/C26H33BrN2O3S/c1-3-24(26(31)28-22-8-4-5-9-22)29(16-20-7-6-10-23(15-20)32-2)25(30)18-33-17-19-11-13-21(27)14-12-19/h6-7,10-15,22,24H,3-5,8-9,16-18H2,1-2H3,(H,28,31). The molecular weight excluding hydrogens is 500 g/mol. The van der Waals surface area contributed by atoms with Crippen molar-refractivity contribution in [3.63, 3.8) is 0 Å². The molecule has 178 valence electrons. The van der Waals surface area contributed by atoms with Crippen molar-refractivity contribution in [3.8, 4) is 5.75 Å². The van der Waals surface area contributed by atoms with Crippen LogP contribution in [0.5, 0.6) is 5.75 Å². The van der Waals surface area contributed by atoms with Gasteiger partial charge in [0.1, 0.15) is 11.8 Å². The number of hydrogen-bond donors (Lipinski definition) is 1. The lowest BCUT2D eigenvalue weighted by Crippen LogP contribution is -2.51. The van der Waals surface area contributed by atoms with E-state index in [1.165, 1.54) is 5.56 Å². The van der Waals surface area contributed by atoms with E-state index in [9.17, 15) is 9.59 Å². The molecule has 3 rings (SSSR count). The summed E-state index contributed by atoms with van der Waals surface area (Å²) in [6.45, 7) is 2.35. The number of rotatable bonds is 11. The number of ether oxygens (including phenoxy) is 1. The molecule has 0 bridgehead atoms. The van der Waals surface area contributed by atoms with Crippen molar-refractivity contribution >= 4 is 39.5 Å². The number of carbonyl (C=O) groups is 2. The quantitative estimate of drug-likeness (QED) is 0.411. The van der Waals surface area contributed by atoms with Gasteiger partial charge in [-0.05, 0) is 54.7 Å². The minimum Gasteiger partial charge on any atom is -0.497 e. The van der Waals surface area contributed by atoms with Crippen LogP contribution >= 0.6 is 27.7 Å². The van der Waals surface area contributed by atoms with E-state index in [2.05, 4.69) is 33.4 Å². The highest BCUT2D eigenvalue weighted by Crippen LogP contribution is 2.22. The van der Waals surface area contributed by atoms with E-state index in [0.717, 1.165) is 47.2 Å². The number of methoxy groups -OCH3 is 1. The number of halogens is 1. The summed E-state index contributed by atoms with van der Waals surface area (Å²) < 4.78 is 6.39. The summed E-state index contributed by atoms with van der Waals surface area (Å²) in [4.78, 5) is 28.3. The fourth-order valence-corrected chi connectivity index (χ4v) is 5.31. The van der Waals surface area contributed by atoms with Gasteiger partial charge in [-0.1, -0.05) is 60.0 Å². The normalized spacial score (nSPS) is 14.6. The van der Waals surface area contributed by atoms with Crippen LogP contribution in [0.2, 0.25) is 0 Å². The van der Waals surface area contributed by atoms with Crippen LogP contribution in [0.4, 0.5) is 0 Å². The van der Waals surface area contributed by atoms with E-state index in [1.54, 1.807) is 23.8 Å². The maximum absolute atomic E-state index is 13.4. The molecule has 1 fully saturated rings. The summed E-state index contributed by atoms with van der Waals surface area (Å²) in [5.41, 5.74) is 2.12. The molecule has 5 nitrogen and oxygen atoms in total. The van der Waals surface area contributed by atoms with Crippen LogP contribution in [0.25, 0.3) is 0 Å². The van der Waals surface area contributed by atoms with Gasteiger partial charge in [0.2, 0.25) is 11.8 Å². The Balaban J connectivity index is 1.71. The second-order valence-electron chi connectivity index (χ2n) is 8.41. The molecule has 7 heteroatoms. The maximum atomic E-state index is 13.4. The average molecular weight is 534 g/mol. The number of nitrogens with one attached hydrogen (secondary N) is 1. The van der Waals surface area contributed by atoms with Crippen LogP contribution < -0.4 is 10.1 Å². The van der Waals surface area contributed by atoms with Crippen molar-refractivity contribution in [3.05, 3.63) is 64.1 Å². The van der Waals surface area contributed by atoms with Crippen molar-refractivity contribution in [1.82, 2.24) is 10.2 Å². The molecule has 0 heterocycles. The number of thioether (sulfide) groups is 1. The Kier molecular flexibility index (Phi) is 10.1.